The quantitative estimate of drug-likeness (QED) is 0.570. The van der Waals surface area contributed by atoms with Gasteiger partial charge in [0.05, 0.1) is 5.69 Å². The topological polar surface area (TPSA) is 17.3 Å². The van der Waals surface area contributed by atoms with Crippen molar-refractivity contribution in [3.05, 3.63) is 30.1 Å². The molecule has 0 unspecified atom stereocenters. The van der Waals surface area contributed by atoms with Gasteiger partial charge in [0.1, 0.15) is 0 Å². The fraction of sp³-hybridized carbons (Fsp3) is 0.222. The molecule has 0 atom stereocenters. The number of aliphatic imine (C=N–C) groups is 1. The molecule has 0 spiro atoms. The Morgan fingerprint density at radius 2 is 2.36 bits per heavy atom. The summed E-state index contributed by atoms with van der Waals surface area (Å²) in [4.78, 5) is 3.93. The first kappa shape index (κ1) is 7.79. The molecule has 0 N–H and O–H groups in total. The molecule has 0 aliphatic heterocycles. The van der Waals surface area contributed by atoms with E-state index in [9.17, 15) is 0 Å². The van der Waals surface area contributed by atoms with Crippen LogP contribution in [-0.2, 0) is 0 Å². The summed E-state index contributed by atoms with van der Waals surface area (Å²) in [6, 6.07) is 2.06. The van der Waals surface area contributed by atoms with E-state index in [4.69, 9.17) is 0 Å². The lowest BCUT2D eigenvalue weighted by molar-refractivity contribution is 1.15. The molecule has 1 aromatic rings. The molecule has 0 aliphatic rings. The van der Waals surface area contributed by atoms with Crippen LogP contribution in [0.25, 0.3) is 6.20 Å². The lowest BCUT2D eigenvalue weighted by atomic mass is 10.3. The van der Waals surface area contributed by atoms with Crippen LogP contribution in [0.15, 0.2) is 23.8 Å². The van der Waals surface area contributed by atoms with Crippen LogP contribution in [0.4, 0.5) is 0 Å². The van der Waals surface area contributed by atoms with Crippen LogP contribution in [0.3, 0.4) is 0 Å². The molecular weight excluding hydrogens is 136 g/mol. The zero-order valence-electron chi connectivity index (χ0n) is 6.91. The molecule has 58 valence electrons. The van der Waals surface area contributed by atoms with Gasteiger partial charge < -0.3 is 4.57 Å². The molecule has 1 rings (SSSR count). The zero-order valence-corrected chi connectivity index (χ0v) is 6.91. The fourth-order valence-corrected chi connectivity index (χ4v) is 1.03. The third-order valence-electron chi connectivity index (χ3n) is 1.47. The van der Waals surface area contributed by atoms with Crippen molar-refractivity contribution in [3.63, 3.8) is 0 Å². The minimum Gasteiger partial charge on any atom is -0.323 e. The van der Waals surface area contributed by atoms with E-state index in [1.807, 2.05) is 23.9 Å². The molecule has 11 heavy (non-hydrogen) atoms. The van der Waals surface area contributed by atoms with E-state index in [1.54, 1.807) is 13.2 Å². The third-order valence-corrected chi connectivity index (χ3v) is 1.47. The molecule has 0 bridgehead atoms. The first-order valence-corrected chi connectivity index (χ1v) is 3.51. The molecular formula is C9H12N2. The second-order valence-electron chi connectivity index (χ2n) is 2.42. The van der Waals surface area contributed by atoms with Gasteiger partial charge in [-0.3, -0.25) is 4.99 Å². The summed E-state index contributed by atoms with van der Waals surface area (Å²) in [7, 11) is 1.76. The van der Waals surface area contributed by atoms with Crippen LogP contribution in [0.1, 0.15) is 11.3 Å². The fourth-order valence-electron chi connectivity index (χ4n) is 1.03. The van der Waals surface area contributed by atoms with E-state index in [0.717, 1.165) is 5.69 Å². The smallest absolute Gasteiger partial charge is 0.0631 e. The highest BCUT2D eigenvalue weighted by atomic mass is 14.9. The van der Waals surface area contributed by atoms with E-state index in [-0.39, 0.29) is 0 Å². The van der Waals surface area contributed by atoms with Gasteiger partial charge in [0.2, 0.25) is 0 Å². The molecule has 0 saturated heterocycles. The summed E-state index contributed by atoms with van der Waals surface area (Å²) < 4.78 is 1.95. The Kier molecular flexibility index (Phi) is 2.26. The third kappa shape index (κ3) is 1.58. The van der Waals surface area contributed by atoms with Gasteiger partial charge in [0.15, 0.2) is 0 Å². The van der Waals surface area contributed by atoms with Crippen LogP contribution in [0.2, 0.25) is 0 Å². The second kappa shape index (κ2) is 3.19. The Hall–Kier alpha value is -1.31. The average Bonchev–Trinajstić information content (AvgIpc) is 2.32. The first-order valence-electron chi connectivity index (χ1n) is 3.51. The van der Waals surface area contributed by atoms with Gasteiger partial charge in [0, 0.05) is 25.7 Å². The highest BCUT2D eigenvalue weighted by Gasteiger charge is 1.95. The number of hydrogen-bond acceptors (Lipinski definition) is 1. The normalized spacial score (nSPS) is 10.7. The Bertz CT molecular complexity index is 282. The van der Waals surface area contributed by atoms with Crippen molar-refractivity contribution >= 4 is 12.4 Å². The number of aryl methyl sites for hydroxylation is 1. The van der Waals surface area contributed by atoms with Crippen LogP contribution >= 0.6 is 0 Å². The van der Waals surface area contributed by atoms with E-state index >= 15 is 0 Å². The molecule has 0 radical (unpaired) electrons. The summed E-state index contributed by atoms with van der Waals surface area (Å²) in [6.07, 6.45) is 5.60. The van der Waals surface area contributed by atoms with Crippen LogP contribution < -0.4 is 0 Å². The van der Waals surface area contributed by atoms with E-state index in [0.29, 0.717) is 0 Å². The van der Waals surface area contributed by atoms with Crippen molar-refractivity contribution < 1.29 is 0 Å². The highest BCUT2D eigenvalue weighted by molar-refractivity contribution is 5.79. The Labute approximate surface area is 66.9 Å². The molecule has 0 fully saturated rings. The van der Waals surface area contributed by atoms with Gasteiger partial charge >= 0.3 is 0 Å². The summed E-state index contributed by atoms with van der Waals surface area (Å²) in [5.74, 6) is 0. The predicted molar refractivity (Wildman–Crippen MR) is 49.1 cm³/mol. The Morgan fingerprint density at radius 3 is 2.91 bits per heavy atom. The monoisotopic (exact) mass is 148 g/mol. The summed E-state index contributed by atoms with van der Waals surface area (Å²) in [5.41, 5.74) is 2.29. The standard InChI is InChI=1S/C9H12N2/c1-4-11-7-8(2)5-9(11)6-10-3/h4-7H,1H2,2-3H3/b10-6-. The van der Waals surface area contributed by atoms with E-state index in [2.05, 4.69) is 17.6 Å². The first-order chi connectivity index (χ1) is 5.27. The SMILES string of the molecule is C=Cn1cc(C)cc1/C=N\C. The van der Waals surface area contributed by atoms with Crippen molar-refractivity contribution in [3.8, 4) is 0 Å². The maximum Gasteiger partial charge on any atom is 0.0631 e. The Morgan fingerprint density at radius 1 is 1.64 bits per heavy atom. The van der Waals surface area contributed by atoms with Gasteiger partial charge in [-0.15, -0.1) is 0 Å². The minimum atomic E-state index is 1.07. The van der Waals surface area contributed by atoms with Gasteiger partial charge in [0.25, 0.3) is 0 Å². The summed E-state index contributed by atoms with van der Waals surface area (Å²) >= 11 is 0. The van der Waals surface area contributed by atoms with Gasteiger partial charge in [-0.2, -0.15) is 0 Å². The van der Waals surface area contributed by atoms with Crippen molar-refractivity contribution in [2.24, 2.45) is 4.99 Å². The van der Waals surface area contributed by atoms with Crippen LogP contribution in [0, 0.1) is 6.92 Å². The molecule has 0 saturated carbocycles. The number of rotatable bonds is 2. The molecule has 0 aliphatic carbocycles. The van der Waals surface area contributed by atoms with Crippen molar-refractivity contribution in [2.45, 2.75) is 6.92 Å². The van der Waals surface area contributed by atoms with Crippen molar-refractivity contribution in [1.82, 2.24) is 4.57 Å². The molecule has 1 heterocycles. The van der Waals surface area contributed by atoms with Crippen LogP contribution in [-0.4, -0.2) is 17.8 Å². The maximum absolute atomic E-state index is 3.93. The predicted octanol–water partition coefficient (Wildman–Crippen LogP) is 1.95. The molecule has 1 aromatic heterocycles. The average molecular weight is 148 g/mol. The van der Waals surface area contributed by atoms with Crippen LogP contribution in [0.5, 0.6) is 0 Å². The van der Waals surface area contributed by atoms with E-state index in [1.165, 1.54) is 5.56 Å². The number of nitrogens with zero attached hydrogens (tertiary/aromatic N) is 2. The summed E-state index contributed by atoms with van der Waals surface area (Å²) in [6.45, 7) is 5.74. The van der Waals surface area contributed by atoms with Crippen molar-refractivity contribution in [1.29, 1.82) is 0 Å². The zero-order chi connectivity index (χ0) is 8.27. The number of aromatic nitrogens is 1. The van der Waals surface area contributed by atoms with Gasteiger partial charge in [-0.1, -0.05) is 6.58 Å². The summed E-state index contributed by atoms with van der Waals surface area (Å²) in [5, 5.41) is 0. The highest BCUT2D eigenvalue weighted by Crippen LogP contribution is 2.05. The van der Waals surface area contributed by atoms with Gasteiger partial charge in [-0.25, -0.2) is 0 Å². The molecule has 2 heteroatoms. The lowest BCUT2D eigenvalue weighted by Gasteiger charge is -1.94. The minimum absolute atomic E-state index is 1.07. The number of hydrogen-bond donors (Lipinski definition) is 0. The Balaban J connectivity index is 3.11. The largest absolute Gasteiger partial charge is 0.323 e. The second-order valence-corrected chi connectivity index (χ2v) is 2.42. The molecule has 0 aromatic carbocycles. The molecule has 0 amide bonds. The van der Waals surface area contributed by atoms with Crippen molar-refractivity contribution in [2.75, 3.05) is 7.05 Å². The molecule has 2 nitrogen and oxygen atoms in total. The lowest BCUT2D eigenvalue weighted by Crippen LogP contribution is -1.89. The maximum atomic E-state index is 3.93. The van der Waals surface area contributed by atoms with E-state index < -0.39 is 0 Å². The van der Waals surface area contributed by atoms with Gasteiger partial charge in [-0.05, 0) is 18.6 Å².